The van der Waals surface area contributed by atoms with Crippen LogP contribution in [0.4, 0.5) is 11.4 Å². The van der Waals surface area contributed by atoms with Gasteiger partial charge in [0.15, 0.2) is 0 Å². The van der Waals surface area contributed by atoms with E-state index in [1.54, 1.807) is 17.8 Å². The molecule has 1 N–H and O–H groups in total. The summed E-state index contributed by atoms with van der Waals surface area (Å²) in [6, 6.07) is 4.68. The van der Waals surface area contributed by atoms with E-state index in [0.717, 1.165) is 24.4 Å². The number of ether oxygens (including phenoxy) is 1. The van der Waals surface area contributed by atoms with Crippen LogP contribution in [0.2, 0.25) is 0 Å². The Hall–Kier alpha value is -1.43. The maximum absolute atomic E-state index is 10.7. The van der Waals surface area contributed by atoms with Gasteiger partial charge in [-0.2, -0.15) is 11.8 Å². The molecule has 1 aromatic rings. The fraction of sp³-hybridized carbons (Fsp3) is 0.455. The van der Waals surface area contributed by atoms with Crippen LogP contribution in [0.5, 0.6) is 5.75 Å². The van der Waals surface area contributed by atoms with Gasteiger partial charge < -0.3 is 10.1 Å². The van der Waals surface area contributed by atoms with E-state index >= 15 is 0 Å². The molecule has 0 heterocycles. The van der Waals surface area contributed by atoms with E-state index in [9.17, 15) is 10.1 Å². The number of nitrogens with one attached hydrogen (secondary N) is 1. The van der Waals surface area contributed by atoms with Crippen molar-refractivity contribution in [3.05, 3.63) is 28.3 Å². The first-order valence-electron chi connectivity index (χ1n) is 5.23. The van der Waals surface area contributed by atoms with Crippen LogP contribution in [0.3, 0.4) is 0 Å². The van der Waals surface area contributed by atoms with Crippen molar-refractivity contribution in [3.63, 3.8) is 0 Å². The summed E-state index contributed by atoms with van der Waals surface area (Å²) in [5.41, 5.74) is 0.758. The highest BCUT2D eigenvalue weighted by molar-refractivity contribution is 7.98. The monoisotopic (exact) mass is 256 g/mol. The Balaban J connectivity index is 2.70. The summed E-state index contributed by atoms with van der Waals surface area (Å²) in [6.45, 7) is 0.797. The number of thioether (sulfide) groups is 1. The molecule has 1 rings (SSSR count). The van der Waals surface area contributed by atoms with Gasteiger partial charge >= 0.3 is 0 Å². The predicted octanol–water partition coefficient (Wildman–Crippen LogP) is 2.77. The molecular weight excluding hydrogens is 240 g/mol. The van der Waals surface area contributed by atoms with Gasteiger partial charge in [-0.3, -0.25) is 10.1 Å². The lowest BCUT2D eigenvalue weighted by molar-refractivity contribution is -0.384. The van der Waals surface area contributed by atoms with E-state index in [1.807, 2.05) is 0 Å². The molecule has 6 heteroatoms. The summed E-state index contributed by atoms with van der Waals surface area (Å²) in [7, 11) is 1.50. The standard InChI is InChI=1S/C11H16N2O3S/c1-16-11-7-9(12-4-3-5-17-2)6-10(8-11)13(14)15/h6-8,12H,3-5H2,1-2H3. The first-order valence-corrected chi connectivity index (χ1v) is 6.63. The van der Waals surface area contributed by atoms with Crippen LogP contribution in [0.25, 0.3) is 0 Å². The smallest absolute Gasteiger partial charge is 0.275 e. The summed E-state index contributed by atoms with van der Waals surface area (Å²) < 4.78 is 5.02. The van der Waals surface area contributed by atoms with Gasteiger partial charge in [-0.25, -0.2) is 0 Å². The van der Waals surface area contributed by atoms with Crippen LogP contribution < -0.4 is 10.1 Å². The highest BCUT2D eigenvalue weighted by Gasteiger charge is 2.09. The third kappa shape index (κ3) is 4.52. The number of nitro benzene ring substituents is 1. The minimum atomic E-state index is -0.421. The molecule has 0 bridgehead atoms. The van der Waals surface area contributed by atoms with Gasteiger partial charge in [0.25, 0.3) is 5.69 Å². The fourth-order valence-corrected chi connectivity index (χ4v) is 1.79. The van der Waals surface area contributed by atoms with Gasteiger partial charge in [0.05, 0.1) is 18.1 Å². The maximum Gasteiger partial charge on any atom is 0.275 e. The van der Waals surface area contributed by atoms with E-state index in [-0.39, 0.29) is 5.69 Å². The average molecular weight is 256 g/mol. The first kappa shape index (κ1) is 13.6. The molecule has 0 aliphatic carbocycles. The zero-order valence-electron chi connectivity index (χ0n) is 9.93. The van der Waals surface area contributed by atoms with Gasteiger partial charge in [-0.15, -0.1) is 0 Å². The van der Waals surface area contributed by atoms with Crippen LogP contribution in [0, 0.1) is 10.1 Å². The summed E-state index contributed by atoms with van der Waals surface area (Å²) in [6.07, 6.45) is 3.07. The Morgan fingerprint density at radius 2 is 2.24 bits per heavy atom. The summed E-state index contributed by atoms with van der Waals surface area (Å²) in [5.74, 6) is 1.56. The van der Waals surface area contributed by atoms with Crippen LogP contribution in [0.15, 0.2) is 18.2 Å². The molecule has 1 aromatic carbocycles. The lowest BCUT2D eigenvalue weighted by Crippen LogP contribution is -2.03. The van der Waals surface area contributed by atoms with E-state index in [1.165, 1.54) is 19.2 Å². The zero-order chi connectivity index (χ0) is 12.7. The van der Waals surface area contributed by atoms with E-state index in [4.69, 9.17) is 4.74 Å². The normalized spacial score (nSPS) is 10.0. The van der Waals surface area contributed by atoms with Crippen molar-refractivity contribution in [3.8, 4) is 5.75 Å². The number of nitro groups is 1. The third-order valence-corrected chi connectivity index (χ3v) is 2.89. The largest absolute Gasteiger partial charge is 0.496 e. The molecule has 0 fully saturated rings. The molecule has 0 saturated carbocycles. The van der Waals surface area contributed by atoms with Gasteiger partial charge in [-0.05, 0) is 18.4 Å². The molecule has 0 radical (unpaired) electrons. The fourth-order valence-electron chi connectivity index (χ4n) is 1.36. The molecule has 0 unspecified atom stereocenters. The van der Waals surface area contributed by atoms with Crippen molar-refractivity contribution in [2.24, 2.45) is 0 Å². The molecule has 17 heavy (non-hydrogen) atoms. The molecule has 0 atom stereocenters. The molecule has 0 spiro atoms. The number of benzene rings is 1. The molecule has 0 amide bonds. The molecule has 0 aromatic heterocycles. The van der Waals surface area contributed by atoms with Gasteiger partial charge in [0, 0.05) is 24.4 Å². The Kier molecular flexibility index (Phi) is 5.62. The molecule has 0 saturated heterocycles. The highest BCUT2D eigenvalue weighted by atomic mass is 32.2. The van der Waals surface area contributed by atoms with Crippen molar-refractivity contribution >= 4 is 23.1 Å². The Morgan fingerprint density at radius 1 is 1.47 bits per heavy atom. The van der Waals surface area contributed by atoms with Crippen molar-refractivity contribution < 1.29 is 9.66 Å². The quantitative estimate of drug-likeness (QED) is 0.461. The number of hydrogen-bond donors (Lipinski definition) is 1. The van der Waals surface area contributed by atoms with Gasteiger partial charge in [0.1, 0.15) is 5.75 Å². The second-order valence-corrected chi connectivity index (χ2v) is 4.44. The molecule has 0 aliphatic heterocycles. The lowest BCUT2D eigenvalue weighted by Gasteiger charge is -2.07. The molecule has 0 aliphatic rings. The molecule has 94 valence electrons. The number of methoxy groups -OCH3 is 1. The Bertz CT molecular complexity index is 385. The highest BCUT2D eigenvalue weighted by Crippen LogP contribution is 2.25. The van der Waals surface area contributed by atoms with Gasteiger partial charge in [0.2, 0.25) is 0 Å². The van der Waals surface area contributed by atoms with E-state index in [0.29, 0.717) is 5.75 Å². The predicted molar refractivity (Wildman–Crippen MR) is 71.1 cm³/mol. The second kappa shape index (κ2) is 7.01. The maximum atomic E-state index is 10.7. The van der Waals surface area contributed by atoms with Crippen molar-refractivity contribution in [1.29, 1.82) is 0 Å². The summed E-state index contributed by atoms with van der Waals surface area (Å²) in [5, 5.41) is 13.9. The topological polar surface area (TPSA) is 64.4 Å². The SMILES string of the molecule is COc1cc(NCCCSC)cc([N+](=O)[O-])c1. The number of rotatable bonds is 7. The van der Waals surface area contributed by atoms with Crippen molar-refractivity contribution in [1.82, 2.24) is 0 Å². The molecular formula is C11H16N2O3S. The van der Waals surface area contributed by atoms with Crippen LogP contribution >= 0.6 is 11.8 Å². The average Bonchev–Trinajstić information content (AvgIpc) is 2.34. The minimum absolute atomic E-state index is 0.0386. The van der Waals surface area contributed by atoms with Crippen molar-refractivity contribution in [2.45, 2.75) is 6.42 Å². The van der Waals surface area contributed by atoms with Crippen LogP contribution in [-0.4, -0.2) is 30.6 Å². The van der Waals surface area contributed by atoms with Crippen LogP contribution in [-0.2, 0) is 0 Å². The van der Waals surface area contributed by atoms with Crippen molar-refractivity contribution in [2.75, 3.05) is 31.0 Å². The summed E-state index contributed by atoms with van der Waals surface area (Å²) >= 11 is 1.78. The lowest BCUT2D eigenvalue weighted by atomic mass is 10.2. The second-order valence-electron chi connectivity index (χ2n) is 3.45. The van der Waals surface area contributed by atoms with Crippen LogP contribution in [0.1, 0.15) is 6.42 Å². The number of anilines is 1. The van der Waals surface area contributed by atoms with E-state index in [2.05, 4.69) is 11.6 Å². The van der Waals surface area contributed by atoms with E-state index < -0.39 is 4.92 Å². The number of nitrogens with zero attached hydrogens (tertiary/aromatic N) is 1. The zero-order valence-corrected chi connectivity index (χ0v) is 10.8. The Labute approximate surface area is 105 Å². The third-order valence-electron chi connectivity index (χ3n) is 2.19. The van der Waals surface area contributed by atoms with Gasteiger partial charge in [-0.1, -0.05) is 0 Å². The Morgan fingerprint density at radius 3 is 2.82 bits per heavy atom. The first-order chi connectivity index (χ1) is 8.17. The number of non-ortho nitro benzene ring substituents is 1. The molecule has 5 nitrogen and oxygen atoms in total. The summed E-state index contributed by atoms with van der Waals surface area (Å²) in [4.78, 5) is 10.3. The number of hydrogen-bond acceptors (Lipinski definition) is 5. The minimum Gasteiger partial charge on any atom is -0.496 e.